The van der Waals surface area contributed by atoms with Gasteiger partial charge in [0, 0.05) is 21.5 Å². The molecule has 8 rings (SSSR count). The molecule has 0 N–H and O–H groups in total. The zero-order chi connectivity index (χ0) is 26.8. The number of nitriles is 1. The van der Waals surface area contributed by atoms with Crippen molar-refractivity contribution in [2.75, 3.05) is 0 Å². The lowest BCUT2D eigenvalue weighted by Gasteiger charge is -2.11. The van der Waals surface area contributed by atoms with Crippen molar-refractivity contribution in [3.05, 3.63) is 132 Å². The highest BCUT2D eigenvalue weighted by Gasteiger charge is 2.19. The first-order valence-corrected chi connectivity index (χ1v) is 13.0. The molecule has 0 aliphatic rings. The molecule has 0 unspecified atom stereocenters. The van der Waals surface area contributed by atoms with E-state index in [0.717, 1.165) is 65.6 Å². The molecule has 0 bridgehead atoms. The highest BCUT2D eigenvalue weighted by atomic mass is 16.3. The molecule has 6 aromatic carbocycles. The number of furan rings is 1. The molecule has 4 nitrogen and oxygen atoms in total. The molecule has 40 heavy (non-hydrogen) atoms. The lowest BCUT2D eigenvalue weighted by molar-refractivity contribution is 0.669. The highest BCUT2D eigenvalue weighted by molar-refractivity contribution is 6.22. The third-order valence-corrected chi connectivity index (χ3v) is 7.86. The fourth-order valence-electron chi connectivity index (χ4n) is 6.06. The van der Waals surface area contributed by atoms with Crippen LogP contribution in [0.4, 0.5) is 5.69 Å². The van der Waals surface area contributed by atoms with E-state index in [9.17, 15) is 5.26 Å². The minimum Gasteiger partial charge on any atom is -0.456 e. The van der Waals surface area contributed by atoms with E-state index in [2.05, 4.69) is 88.3 Å². The van der Waals surface area contributed by atoms with E-state index in [-0.39, 0.29) is 0 Å². The molecule has 0 amide bonds. The second kappa shape index (κ2) is 8.33. The van der Waals surface area contributed by atoms with Crippen LogP contribution in [0, 0.1) is 17.9 Å². The van der Waals surface area contributed by atoms with Crippen LogP contribution in [0.15, 0.2) is 120 Å². The number of hydrogen-bond donors (Lipinski definition) is 0. The van der Waals surface area contributed by atoms with E-state index in [1.54, 1.807) is 6.07 Å². The molecule has 0 saturated heterocycles. The molecule has 4 heteroatoms. The maximum atomic E-state index is 10.1. The summed E-state index contributed by atoms with van der Waals surface area (Å²) < 4.78 is 8.19. The zero-order valence-corrected chi connectivity index (χ0v) is 21.2. The SMILES string of the molecule is [C-]#[N+]c1cccc(-n2c3ccc(-c4ccc5oc6ccccc6c5c4)cc3c3c4ccccc4ccc32)c1C#N. The molecule has 0 radical (unpaired) electrons. The van der Waals surface area contributed by atoms with Crippen molar-refractivity contribution in [2.45, 2.75) is 0 Å². The summed E-state index contributed by atoms with van der Waals surface area (Å²) in [5, 5.41) is 16.8. The van der Waals surface area contributed by atoms with Gasteiger partial charge in [0.05, 0.1) is 34.9 Å². The summed E-state index contributed by atoms with van der Waals surface area (Å²) in [7, 11) is 0. The number of nitrogens with zero attached hydrogens (tertiary/aromatic N) is 3. The van der Waals surface area contributed by atoms with Crippen LogP contribution in [0.1, 0.15) is 5.56 Å². The zero-order valence-electron chi connectivity index (χ0n) is 21.2. The van der Waals surface area contributed by atoms with Crippen molar-refractivity contribution >= 4 is 60.2 Å². The van der Waals surface area contributed by atoms with Crippen molar-refractivity contribution in [3.63, 3.8) is 0 Å². The summed E-state index contributed by atoms with van der Waals surface area (Å²) in [5.41, 5.74) is 7.40. The second-order valence-corrected chi connectivity index (χ2v) is 9.95. The maximum absolute atomic E-state index is 10.1. The summed E-state index contributed by atoms with van der Waals surface area (Å²) >= 11 is 0. The van der Waals surface area contributed by atoms with Gasteiger partial charge in [0.1, 0.15) is 11.2 Å². The summed E-state index contributed by atoms with van der Waals surface area (Å²) in [6.07, 6.45) is 0. The van der Waals surface area contributed by atoms with Crippen LogP contribution in [-0.4, -0.2) is 4.57 Å². The number of fused-ring (bicyclic) bond motifs is 8. The summed E-state index contributed by atoms with van der Waals surface area (Å²) in [5.74, 6) is 0. The van der Waals surface area contributed by atoms with Gasteiger partial charge in [-0.1, -0.05) is 72.8 Å². The molecule has 2 heterocycles. The first-order valence-electron chi connectivity index (χ1n) is 13.0. The van der Waals surface area contributed by atoms with E-state index < -0.39 is 0 Å². The summed E-state index contributed by atoms with van der Waals surface area (Å²) in [6, 6.07) is 41.4. The van der Waals surface area contributed by atoms with Gasteiger partial charge < -0.3 is 8.98 Å². The highest BCUT2D eigenvalue weighted by Crippen LogP contribution is 2.41. The van der Waals surface area contributed by atoms with Crippen molar-refractivity contribution in [1.29, 1.82) is 5.26 Å². The minimum atomic E-state index is 0.355. The lowest BCUT2D eigenvalue weighted by atomic mass is 9.99. The molecule has 184 valence electrons. The largest absolute Gasteiger partial charge is 0.456 e. The van der Waals surface area contributed by atoms with Gasteiger partial charge in [-0.15, -0.1) is 0 Å². The van der Waals surface area contributed by atoms with Crippen molar-refractivity contribution in [3.8, 4) is 22.9 Å². The molecule has 0 spiro atoms. The van der Waals surface area contributed by atoms with Crippen LogP contribution in [0.5, 0.6) is 0 Å². The molecular formula is C36H19N3O. The predicted octanol–water partition coefficient (Wildman–Crippen LogP) is 9.93. The quantitative estimate of drug-likeness (QED) is 0.218. The van der Waals surface area contributed by atoms with Crippen molar-refractivity contribution < 1.29 is 4.42 Å². The molecule has 0 aliphatic heterocycles. The van der Waals surface area contributed by atoms with E-state index in [0.29, 0.717) is 16.9 Å². The first kappa shape index (κ1) is 22.2. The molecule has 0 fully saturated rings. The standard InChI is InChI=1S/C36H19N3O/c1-38-30-10-6-11-31(29(30)21-37)39-32-16-14-23(20-28(32)36-25-8-3-2-7-22(25)13-17-33(36)39)24-15-18-35-27(19-24)26-9-4-5-12-34(26)40-35/h2-20H. The van der Waals surface area contributed by atoms with Crippen LogP contribution in [0.3, 0.4) is 0 Å². The van der Waals surface area contributed by atoms with E-state index >= 15 is 0 Å². The van der Waals surface area contributed by atoms with E-state index in [1.807, 2.05) is 36.4 Å². The molecule has 0 aliphatic carbocycles. The Morgan fingerprint density at radius 3 is 2.23 bits per heavy atom. The Balaban J connectivity index is 1.47. The van der Waals surface area contributed by atoms with Gasteiger partial charge in [-0.05, 0) is 64.4 Å². The Hall–Kier alpha value is -5.84. The normalized spacial score (nSPS) is 11.4. The average molecular weight is 510 g/mol. The molecular weight excluding hydrogens is 490 g/mol. The van der Waals surface area contributed by atoms with Gasteiger partial charge in [-0.3, -0.25) is 0 Å². The Kier molecular flexibility index (Phi) is 4.62. The third kappa shape index (κ3) is 3.05. The maximum Gasteiger partial charge on any atom is 0.206 e. The monoisotopic (exact) mass is 509 g/mol. The van der Waals surface area contributed by atoms with E-state index in [4.69, 9.17) is 11.0 Å². The van der Waals surface area contributed by atoms with E-state index in [1.165, 1.54) is 0 Å². The third-order valence-electron chi connectivity index (χ3n) is 7.86. The predicted molar refractivity (Wildman–Crippen MR) is 162 cm³/mol. The first-order chi connectivity index (χ1) is 19.7. The van der Waals surface area contributed by atoms with Crippen LogP contribution >= 0.6 is 0 Å². The number of benzene rings is 6. The number of aromatic nitrogens is 1. The topological polar surface area (TPSA) is 46.2 Å². The van der Waals surface area contributed by atoms with Crippen LogP contribution in [0.2, 0.25) is 0 Å². The fourth-order valence-corrected chi connectivity index (χ4v) is 6.06. The molecule has 2 aromatic heterocycles. The minimum absolute atomic E-state index is 0.355. The summed E-state index contributed by atoms with van der Waals surface area (Å²) in [6.45, 7) is 7.62. The van der Waals surface area contributed by atoms with Gasteiger partial charge in [0.15, 0.2) is 0 Å². The Bertz CT molecular complexity index is 2410. The van der Waals surface area contributed by atoms with Gasteiger partial charge in [-0.25, -0.2) is 4.85 Å². The van der Waals surface area contributed by atoms with Crippen LogP contribution in [0.25, 0.3) is 76.2 Å². The van der Waals surface area contributed by atoms with Gasteiger partial charge in [0.2, 0.25) is 5.69 Å². The number of rotatable bonds is 2. The van der Waals surface area contributed by atoms with Gasteiger partial charge in [0.25, 0.3) is 0 Å². The summed E-state index contributed by atoms with van der Waals surface area (Å²) in [4.78, 5) is 3.62. The van der Waals surface area contributed by atoms with Gasteiger partial charge >= 0.3 is 0 Å². The Labute approximate surface area is 229 Å². The molecule has 0 saturated carbocycles. The lowest BCUT2D eigenvalue weighted by Crippen LogP contribution is -1.97. The second-order valence-electron chi connectivity index (χ2n) is 9.95. The van der Waals surface area contributed by atoms with Crippen molar-refractivity contribution in [1.82, 2.24) is 4.57 Å². The molecule has 8 aromatic rings. The van der Waals surface area contributed by atoms with Gasteiger partial charge in [-0.2, -0.15) is 5.26 Å². The smallest absolute Gasteiger partial charge is 0.206 e. The average Bonchev–Trinajstić information content (AvgIpc) is 3.55. The fraction of sp³-hybridized carbons (Fsp3) is 0. The van der Waals surface area contributed by atoms with Crippen molar-refractivity contribution in [2.24, 2.45) is 0 Å². The van der Waals surface area contributed by atoms with Crippen LogP contribution in [-0.2, 0) is 0 Å². The number of para-hydroxylation sites is 1. The molecule has 0 atom stereocenters. The Morgan fingerprint density at radius 1 is 0.650 bits per heavy atom. The number of hydrogen-bond acceptors (Lipinski definition) is 2. The van der Waals surface area contributed by atoms with Crippen LogP contribution < -0.4 is 0 Å². The Morgan fingerprint density at radius 2 is 1.38 bits per heavy atom.